The molecular weight excluding hydrogens is 376 g/mol. The van der Waals surface area contributed by atoms with Crippen molar-refractivity contribution in [1.29, 1.82) is 0 Å². The summed E-state index contributed by atoms with van der Waals surface area (Å²) >= 11 is 3.37. The lowest BCUT2D eigenvalue weighted by Crippen LogP contribution is -2.37. The molecule has 1 aliphatic heterocycles. The van der Waals surface area contributed by atoms with Gasteiger partial charge in [0.1, 0.15) is 0 Å². The van der Waals surface area contributed by atoms with E-state index in [1.54, 1.807) is 4.90 Å². The first-order valence-corrected chi connectivity index (χ1v) is 8.78. The van der Waals surface area contributed by atoms with Gasteiger partial charge >= 0.3 is 5.97 Å². The van der Waals surface area contributed by atoms with Gasteiger partial charge < -0.3 is 15.3 Å². The quantitative estimate of drug-likeness (QED) is 0.740. The number of nitrogens with zero attached hydrogens (tertiary/aromatic N) is 1. The number of hydrogen-bond donors (Lipinski definition) is 2. The first kappa shape index (κ1) is 18.4. The number of nitrogens with one attached hydrogen (secondary N) is 1. The van der Waals surface area contributed by atoms with Crippen LogP contribution in [0.2, 0.25) is 0 Å². The fraction of sp³-hybridized carbons (Fsp3) is 0.471. The fourth-order valence-corrected chi connectivity index (χ4v) is 3.19. The third-order valence-electron chi connectivity index (χ3n) is 4.12. The van der Waals surface area contributed by atoms with Gasteiger partial charge in [-0.15, -0.1) is 0 Å². The number of halogens is 1. The number of carbonyl (C=O) groups excluding carboxylic acids is 2. The van der Waals surface area contributed by atoms with Gasteiger partial charge in [-0.3, -0.25) is 14.4 Å². The minimum Gasteiger partial charge on any atom is -0.481 e. The monoisotopic (exact) mass is 396 g/mol. The number of carboxylic acids is 1. The lowest BCUT2D eigenvalue weighted by atomic mass is 10.0. The summed E-state index contributed by atoms with van der Waals surface area (Å²) in [7, 11) is 0. The van der Waals surface area contributed by atoms with Crippen LogP contribution in [0.25, 0.3) is 0 Å². The highest BCUT2D eigenvalue weighted by Gasteiger charge is 2.35. The topological polar surface area (TPSA) is 86.7 Å². The standard InChI is InChI=1S/C17H21BrN2O4/c1-2-4-11(17(23)24)9-19-16(22)12-7-15(21)20(10-12)14-6-3-5-13(18)8-14/h3,5-6,8,11-12H,2,4,7,9-10H2,1H3,(H,19,22)(H,23,24). The second-order valence-corrected chi connectivity index (χ2v) is 6.87. The highest BCUT2D eigenvalue weighted by atomic mass is 79.9. The predicted octanol–water partition coefficient (Wildman–Crippen LogP) is 2.42. The molecule has 1 aromatic rings. The van der Waals surface area contributed by atoms with Crippen LogP contribution >= 0.6 is 15.9 Å². The van der Waals surface area contributed by atoms with Crippen molar-refractivity contribution in [2.45, 2.75) is 26.2 Å². The molecule has 0 radical (unpaired) electrons. The van der Waals surface area contributed by atoms with E-state index in [-0.39, 0.29) is 24.8 Å². The molecule has 24 heavy (non-hydrogen) atoms. The molecule has 0 saturated carbocycles. The van der Waals surface area contributed by atoms with Crippen molar-refractivity contribution in [3.63, 3.8) is 0 Å². The second kappa shape index (κ2) is 8.28. The SMILES string of the molecule is CCCC(CNC(=O)C1CC(=O)N(c2cccc(Br)c2)C1)C(=O)O. The van der Waals surface area contributed by atoms with Gasteiger partial charge in [0, 0.05) is 29.7 Å². The molecular formula is C17H21BrN2O4. The number of amides is 2. The van der Waals surface area contributed by atoms with Crippen LogP contribution < -0.4 is 10.2 Å². The minimum absolute atomic E-state index is 0.100. The lowest BCUT2D eigenvalue weighted by molar-refractivity contribution is -0.142. The van der Waals surface area contributed by atoms with Crippen molar-refractivity contribution in [2.75, 3.05) is 18.0 Å². The Balaban J connectivity index is 1.95. The molecule has 2 amide bonds. The van der Waals surface area contributed by atoms with E-state index < -0.39 is 17.8 Å². The normalized spacial score (nSPS) is 18.5. The summed E-state index contributed by atoms with van der Waals surface area (Å²) in [5.74, 6) is -2.31. The van der Waals surface area contributed by atoms with Crippen molar-refractivity contribution in [3.8, 4) is 0 Å². The van der Waals surface area contributed by atoms with Crippen LogP contribution in [0.15, 0.2) is 28.7 Å². The van der Waals surface area contributed by atoms with E-state index >= 15 is 0 Å². The molecule has 0 spiro atoms. The van der Waals surface area contributed by atoms with Gasteiger partial charge in [-0.25, -0.2) is 0 Å². The summed E-state index contributed by atoms with van der Waals surface area (Å²) < 4.78 is 0.865. The molecule has 1 aromatic carbocycles. The average Bonchev–Trinajstić information content (AvgIpc) is 2.93. The summed E-state index contributed by atoms with van der Waals surface area (Å²) in [6.45, 7) is 2.32. The van der Waals surface area contributed by atoms with Gasteiger partial charge in [0.2, 0.25) is 11.8 Å². The Kier molecular flexibility index (Phi) is 6.36. The molecule has 130 valence electrons. The molecule has 2 rings (SSSR count). The van der Waals surface area contributed by atoms with Crippen molar-refractivity contribution in [3.05, 3.63) is 28.7 Å². The maximum Gasteiger partial charge on any atom is 0.308 e. The number of carboxylic acid groups (broad SMARTS) is 1. The number of anilines is 1. The third kappa shape index (κ3) is 4.56. The molecule has 1 saturated heterocycles. The molecule has 1 fully saturated rings. The molecule has 0 aromatic heterocycles. The first-order valence-electron chi connectivity index (χ1n) is 7.98. The molecule has 2 unspecified atom stereocenters. The molecule has 0 bridgehead atoms. The van der Waals surface area contributed by atoms with E-state index in [0.717, 1.165) is 16.6 Å². The number of hydrogen-bond acceptors (Lipinski definition) is 3. The highest BCUT2D eigenvalue weighted by molar-refractivity contribution is 9.10. The van der Waals surface area contributed by atoms with E-state index in [1.807, 2.05) is 31.2 Å². The second-order valence-electron chi connectivity index (χ2n) is 5.95. The van der Waals surface area contributed by atoms with Crippen LogP contribution in [-0.4, -0.2) is 36.0 Å². The van der Waals surface area contributed by atoms with E-state index in [1.165, 1.54) is 0 Å². The molecule has 2 atom stereocenters. The molecule has 7 heteroatoms. The van der Waals surface area contributed by atoms with E-state index in [2.05, 4.69) is 21.2 Å². The Labute approximate surface area is 149 Å². The average molecular weight is 397 g/mol. The Bertz CT molecular complexity index is 635. The minimum atomic E-state index is -0.907. The van der Waals surface area contributed by atoms with Gasteiger partial charge in [-0.05, 0) is 24.6 Å². The molecule has 2 N–H and O–H groups in total. The van der Waals surface area contributed by atoms with Crippen LogP contribution in [0, 0.1) is 11.8 Å². The van der Waals surface area contributed by atoms with Gasteiger partial charge in [0.15, 0.2) is 0 Å². The summed E-state index contributed by atoms with van der Waals surface area (Å²) in [4.78, 5) is 37.2. The van der Waals surface area contributed by atoms with Crippen molar-refractivity contribution < 1.29 is 19.5 Å². The summed E-state index contributed by atoms with van der Waals surface area (Å²) in [6.07, 6.45) is 1.40. The molecule has 1 aliphatic rings. The van der Waals surface area contributed by atoms with Gasteiger partial charge in [0.25, 0.3) is 0 Å². The van der Waals surface area contributed by atoms with Gasteiger partial charge in [-0.2, -0.15) is 0 Å². The van der Waals surface area contributed by atoms with Crippen molar-refractivity contribution in [1.82, 2.24) is 5.32 Å². The first-order chi connectivity index (χ1) is 11.4. The summed E-state index contributed by atoms with van der Waals surface area (Å²) in [5.41, 5.74) is 0.749. The van der Waals surface area contributed by atoms with E-state index in [9.17, 15) is 14.4 Å². The number of carbonyl (C=O) groups is 3. The van der Waals surface area contributed by atoms with Gasteiger partial charge in [0.05, 0.1) is 11.8 Å². The Morgan fingerprint density at radius 1 is 1.46 bits per heavy atom. The molecule has 6 nitrogen and oxygen atoms in total. The van der Waals surface area contributed by atoms with Crippen LogP contribution in [0.4, 0.5) is 5.69 Å². The number of rotatable bonds is 7. The Morgan fingerprint density at radius 2 is 2.21 bits per heavy atom. The maximum atomic E-state index is 12.3. The maximum absolute atomic E-state index is 12.3. The van der Waals surface area contributed by atoms with Crippen LogP contribution in [0.1, 0.15) is 26.2 Å². The summed E-state index contributed by atoms with van der Waals surface area (Å²) in [6, 6.07) is 7.36. The van der Waals surface area contributed by atoms with Gasteiger partial charge in [-0.1, -0.05) is 35.3 Å². The van der Waals surface area contributed by atoms with E-state index in [0.29, 0.717) is 13.0 Å². The molecule has 1 heterocycles. The largest absolute Gasteiger partial charge is 0.481 e. The third-order valence-corrected chi connectivity index (χ3v) is 4.62. The van der Waals surface area contributed by atoms with Crippen molar-refractivity contribution in [2.24, 2.45) is 11.8 Å². The zero-order valence-corrected chi connectivity index (χ0v) is 15.1. The van der Waals surface area contributed by atoms with Crippen LogP contribution in [-0.2, 0) is 14.4 Å². The molecule has 0 aliphatic carbocycles. The van der Waals surface area contributed by atoms with Crippen LogP contribution in [0.5, 0.6) is 0 Å². The Morgan fingerprint density at radius 3 is 2.83 bits per heavy atom. The fourth-order valence-electron chi connectivity index (χ4n) is 2.81. The Hall–Kier alpha value is -1.89. The van der Waals surface area contributed by atoms with Crippen LogP contribution in [0.3, 0.4) is 0 Å². The highest BCUT2D eigenvalue weighted by Crippen LogP contribution is 2.27. The lowest BCUT2D eigenvalue weighted by Gasteiger charge is -2.17. The zero-order chi connectivity index (χ0) is 17.7. The van der Waals surface area contributed by atoms with E-state index in [4.69, 9.17) is 5.11 Å². The number of benzene rings is 1. The summed E-state index contributed by atoms with van der Waals surface area (Å²) in [5, 5.41) is 11.8. The zero-order valence-electron chi connectivity index (χ0n) is 13.5. The smallest absolute Gasteiger partial charge is 0.308 e. The number of aliphatic carboxylic acids is 1. The predicted molar refractivity (Wildman–Crippen MR) is 93.6 cm³/mol. The van der Waals surface area contributed by atoms with Crippen molar-refractivity contribution >= 4 is 39.4 Å².